The van der Waals surface area contributed by atoms with Crippen LogP contribution in [-0.4, -0.2) is 35.1 Å². The second-order valence-electron chi connectivity index (χ2n) is 4.58. The molecule has 0 unspecified atom stereocenters. The molecule has 1 aromatic rings. The summed E-state index contributed by atoms with van der Waals surface area (Å²) < 4.78 is 0. The van der Waals surface area contributed by atoms with Crippen LogP contribution in [0.25, 0.3) is 6.08 Å². The smallest absolute Gasteiger partial charge is 0.246 e. The van der Waals surface area contributed by atoms with Gasteiger partial charge in [0.2, 0.25) is 5.91 Å². The van der Waals surface area contributed by atoms with Crippen LogP contribution in [0.2, 0.25) is 0 Å². The summed E-state index contributed by atoms with van der Waals surface area (Å²) in [5.74, 6) is -0.00222. The summed E-state index contributed by atoms with van der Waals surface area (Å²) in [6.07, 6.45) is 6.73. The third kappa shape index (κ3) is 3.20. The lowest BCUT2D eigenvalue weighted by molar-refractivity contribution is -0.130. The molecule has 2 rings (SSSR count). The Morgan fingerprint density at radius 1 is 1.33 bits per heavy atom. The van der Waals surface area contributed by atoms with Gasteiger partial charge < -0.3 is 10.0 Å². The molecule has 1 amide bonds. The van der Waals surface area contributed by atoms with Crippen molar-refractivity contribution in [2.45, 2.75) is 25.3 Å². The Bertz CT molecular complexity index is 410. The molecule has 0 atom stereocenters. The van der Waals surface area contributed by atoms with E-state index < -0.39 is 0 Å². The van der Waals surface area contributed by atoms with Gasteiger partial charge in [0.1, 0.15) is 0 Å². The van der Waals surface area contributed by atoms with E-state index in [0.29, 0.717) is 12.6 Å². The zero-order valence-corrected chi connectivity index (χ0v) is 10.5. The molecule has 18 heavy (non-hydrogen) atoms. The molecule has 0 heterocycles. The largest absolute Gasteiger partial charge is 0.395 e. The molecular weight excluding hydrogens is 226 g/mol. The first-order chi connectivity index (χ1) is 8.81. The van der Waals surface area contributed by atoms with E-state index in [2.05, 4.69) is 0 Å². The van der Waals surface area contributed by atoms with Crippen molar-refractivity contribution in [1.82, 2.24) is 4.90 Å². The number of benzene rings is 1. The van der Waals surface area contributed by atoms with Gasteiger partial charge in [0.15, 0.2) is 0 Å². The van der Waals surface area contributed by atoms with Gasteiger partial charge in [-0.1, -0.05) is 30.3 Å². The number of aliphatic hydroxyl groups excluding tert-OH is 1. The van der Waals surface area contributed by atoms with Crippen LogP contribution in [0.15, 0.2) is 36.4 Å². The molecule has 3 heteroatoms. The first-order valence-electron chi connectivity index (χ1n) is 6.46. The molecule has 1 aliphatic carbocycles. The van der Waals surface area contributed by atoms with E-state index in [9.17, 15) is 4.79 Å². The quantitative estimate of drug-likeness (QED) is 0.807. The second-order valence-corrected chi connectivity index (χ2v) is 4.58. The summed E-state index contributed by atoms with van der Waals surface area (Å²) in [7, 11) is 0. The highest BCUT2D eigenvalue weighted by Gasteiger charge is 2.26. The van der Waals surface area contributed by atoms with Gasteiger partial charge >= 0.3 is 0 Å². The maximum absolute atomic E-state index is 12.1. The molecule has 0 aromatic heterocycles. The Labute approximate surface area is 108 Å². The monoisotopic (exact) mass is 245 g/mol. The van der Waals surface area contributed by atoms with Crippen LogP contribution < -0.4 is 0 Å². The molecule has 1 saturated carbocycles. The van der Waals surface area contributed by atoms with E-state index >= 15 is 0 Å². The van der Waals surface area contributed by atoms with Gasteiger partial charge in [0.05, 0.1) is 6.61 Å². The second kappa shape index (κ2) is 6.36. The van der Waals surface area contributed by atoms with Crippen LogP contribution in [0.4, 0.5) is 0 Å². The Hall–Kier alpha value is -1.61. The van der Waals surface area contributed by atoms with Gasteiger partial charge in [0.25, 0.3) is 0 Å². The van der Waals surface area contributed by atoms with Crippen molar-refractivity contribution in [1.29, 1.82) is 0 Å². The molecule has 0 aliphatic heterocycles. The van der Waals surface area contributed by atoms with Crippen molar-refractivity contribution < 1.29 is 9.90 Å². The molecule has 0 bridgehead atoms. The Morgan fingerprint density at radius 3 is 2.61 bits per heavy atom. The van der Waals surface area contributed by atoms with Gasteiger partial charge in [0, 0.05) is 18.7 Å². The predicted molar refractivity (Wildman–Crippen MR) is 71.9 cm³/mol. The van der Waals surface area contributed by atoms with Gasteiger partial charge in [-0.3, -0.25) is 4.79 Å². The molecule has 0 saturated heterocycles. The zero-order valence-electron chi connectivity index (χ0n) is 10.5. The number of hydrogen-bond donors (Lipinski definition) is 1. The summed E-state index contributed by atoms with van der Waals surface area (Å²) >= 11 is 0. The summed E-state index contributed by atoms with van der Waals surface area (Å²) in [5, 5.41) is 9.02. The lowest BCUT2D eigenvalue weighted by Gasteiger charge is -2.36. The Morgan fingerprint density at radius 2 is 2.06 bits per heavy atom. The van der Waals surface area contributed by atoms with E-state index in [0.717, 1.165) is 18.4 Å². The molecule has 1 aromatic carbocycles. The highest BCUT2D eigenvalue weighted by molar-refractivity contribution is 5.92. The summed E-state index contributed by atoms with van der Waals surface area (Å²) in [6, 6.07) is 10.1. The number of carbonyl (C=O) groups is 1. The van der Waals surface area contributed by atoms with Crippen molar-refractivity contribution in [3.05, 3.63) is 42.0 Å². The highest BCUT2D eigenvalue weighted by Crippen LogP contribution is 2.24. The summed E-state index contributed by atoms with van der Waals surface area (Å²) in [5.41, 5.74) is 1.02. The van der Waals surface area contributed by atoms with Crippen molar-refractivity contribution >= 4 is 12.0 Å². The standard InChI is InChI=1S/C15H19NO2/c17-12-11-16(14-7-4-8-14)15(18)10-9-13-5-2-1-3-6-13/h1-3,5-6,9-10,14,17H,4,7-8,11-12H2/b10-9+. The van der Waals surface area contributed by atoms with E-state index in [1.165, 1.54) is 6.42 Å². The van der Waals surface area contributed by atoms with Gasteiger partial charge in [-0.15, -0.1) is 0 Å². The number of carbonyl (C=O) groups excluding carboxylic acids is 1. The number of aliphatic hydroxyl groups is 1. The maximum Gasteiger partial charge on any atom is 0.246 e. The zero-order chi connectivity index (χ0) is 12.8. The minimum absolute atomic E-state index is 0.00222. The van der Waals surface area contributed by atoms with Crippen LogP contribution in [0.5, 0.6) is 0 Å². The molecule has 0 spiro atoms. The molecule has 96 valence electrons. The third-order valence-corrected chi connectivity index (χ3v) is 3.36. The first-order valence-corrected chi connectivity index (χ1v) is 6.46. The van der Waals surface area contributed by atoms with E-state index in [4.69, 9.17) is 5.11 Å². The van der Waals surface area contributed by atoms with E-state index in [-0.39, 0.29) is 12.5 Å². The lowest BCUT2D eigenvalue weighted by Crippen LogP contribution is -2.44. The van der Waals surface area contributed by atoms with Crippen molar-refractivity contribution in [3.63, 3.8) is 0 Å². The van der Waals surface area contributed by atoms with Gasteiger partial charge in [-0.2, -0.15) is 0 Å². The molecule has 0 radical (unpaired) electrons. The fourth-order valence-corrected chi connectivity index (χ4v) is 2.11. The fourth-order valence-electron chi connectivity index (χ4n) is 2.11. The minimum atomic E-state index is -0.00222. The average Bonchev–Trinajstić information content (AvgIpc) is 2.34. The molecule has 3 nitrogen and oxygen atoms in total. The molecular formula is C15H19NO2. The van der Waals surface area contributed by atoms with Crippen LogP contribution in [0.1, 0.15) is 24.8 Å². The number of nitrogens with zero attached hydrogens (tertiary/aromatic N) is 1. The SMILES string of the molecule is O=C(/C=C/c1ccccc1)N(CCO)C1CCC1. The van der Waals surface area contributed by atoms with E-state index in [1.807, 2.05) is 36.4 Å². The fraction of sp³-hybridized carbons (Fsp3) is 0.400. The Balaban J connectivity index is 1.98. The maximum atomic E-state index is 12.1. The molecule has 1 aliphatic rings. The van der Waals surface area contributed by atoms with Crippen LogP contribution >= 0.6 is 0 Å². The third-order valence-electron chi connectivity index (χ3n) is 3.36. The molecule has 1 fully saturated rings. The van der Waals surface area contributed by atoms with Crippen molar-refractivity contribution in [2.75, 3.05) is 13.2 Å². The number of rotatable bonds is 5. The minimum Gasteiger partial charge on any atom is -0.395 e. The van der Waals surface area contributed by atoms with Gasteiger partial charge in [-0.05, 0) is 30.9 Å². The topological polar surface area (TPSA) is 40.5 Å². The van der Waals surface area contributed by atoms with Crippen molar-refractivity contribution in [3.8, 4) is 0 Å². The lowest BCUT2D eigenvalue weighted by atomic mass is 9.91. The van der Waals surface area contributed by atoms with Crippen LogP contribution in [-0.2, 0) is 4.79 Å². The first kappa shape index (κ1) is 12.8. The highest BCUT2D eigenvalue weighted by atomic mass is 16.3. The summed E-state index contributed by atoms with van der Waals surface area (Å²) in [4.78, 5) is 13.8. The van der Waals surface area contributed by atoms with Crippen molar-refractivity contribution in [2.24, 2.45) is 0 Å². The number of hydrogen-bond acceptors (Lipinski definition) is 2. The van der Waals surface area contributed by atoms with Gasteiger partial charge in [-0.25, -0.2) is 0 Å². The molecule has 1 N–H and O–H groups in total. The number of amides is 1. The predicted octanol–water partition coefficient (Wildman–Crippen LogP) is 2.07. The normalized spacial score (nSPS) is 15.6. The van der Waals surface area contributed by atoms with Crippen LogP contribution in [0.3, 0.4) is 0 Å². The Kier molecular flexibility index (Phi) is 4.53. The average molecular weight is 245 g/mol. The van der Waals surface area contributed by atoms with E-state index in [1.54, 1.807) is 11.0 Å². The van der Waals surface area contributed by atoms with Crippen LogP contribution in [0, 0.1) is 0 Å². The summed E-state index contributed by atoms with van der Waals surface area (Å²) in [6.45, 7) is 0.462.